The summed E-state index contributed by atoms with van der Waals surface area (Å²) in [6.45, 7) is 4.19. The summed E-state index contributed by atoms with van der Waals surface area (Å²) in [5, 5.41) is 3.06. The van der Waals surface area contributed by atoms with Crippen molar-refractivity contribution in [1.29, 1.82) is 0 Å². The molecule has 30 heavy (non-hydrogen) atoms. The van der Waals surface area contributed by atoms with E-state index in [1.54, 1.807) is 4.57 Å². The number of rotatable bonds is 4. The van der Waals surface area contributed by atoms with Gasteiger partial charge in [-0.1, -0.05) is 29.8 Å². The zero-order valence-electron chi connectivity index (χ0n) is 17.1. The van der Waals surface area contributed by atoms with E-state index in [2.05, 4.69) is 10.2 Å². The number of halogens is 1. The van der Waals surface area contributed by atoms with Crippen LogP contribution in [0.15, 0.2) is 41.3 Å². The lowest BCUT2D eigenvalue weighted by molar-refractivity contribution is -0.134. The van der Waals surface area contributed by atoms with Gasteiger partial charge in [0.15, 0.2) is 0 Å². The van der Waals surface area contributed by atoms with Crippen molar-refractivity contribution in [1.82, 2.24) is 9.88 Å². The standard InChI is InChI=1S/C23H26ClN3O3/c1-2-26-12-4-7-19(23(26)30)27-13-10-15(11-14-27)16-5-3-6-17(21(16)24)18-8-9-20(28)25-22(18)29/h3-7,12,15,18H,2,8-11,13-14H2,1H3,(H,25,28,29). The molecule has 158 valence electrons. The second-order valence-corrected chi connectivity index (χ2v) is 8.38. The van der Waals surface area contributed by atoms with Crippen LogP contribution in [-0.4, -0.2) is 29.5 Å². The Balaban J connectivity index is 1.51. The smallest absolute Gasteiger partial charge is 0.274 e. The number of aromatic nitrogens is 1. The zero-order chi connectivity index (χ0) is 21.3. The fourth-order valence-electron chi connectivity index (χ4n) is 4.59. The van der Waals surface area contributed by atoms with Crippen LogP contribution >= 0.6 is 11.6 Å². The summed E-state index contributed by atoms with van der Waals surface area (Å²) in [5.41, 5.74) is 2.66. The number of carbonyl (C=O) groups is 2. The molecule has 0 spiro atoms. The maximum absolute atomic E-state index is 12.6. The number of piperidine rings is 2. The second kappa shape index (κ2) is 8.64. The zero-order valence-corrected chi connectivity index (χ0v) is 17.8. The minimum atomic E-state index is -0.382. The molecular formula is C23H26ClN3O3. The molecule has 2 fully saturated rings. The maximum atomic E-state index is 12.6. The van der Waals surface area contributed by atoms with E-state index in [0.717, 1.165) is 42.7 Å². The van der Waals surface area contributed by atoms with Crippen molar-refractivity contribution in [2.75, 3.05) is 18.0 Å². The van der Waals surface area contributed by atoms with E-state index in [-0.39, 0.29) is 29.2 Å². The van der Waals surface area contributed by atoms with Crippen LogP contribution in [-0.2, 0) is 16.1 Å². The summed E-state index contributed by atoms with van der Waals surface area (Å²) in [5.74, 6) is -0.596. The highest BCUT2D eigenvalue weighted by Gasteiger charge is 2.31. The van der Waals surface area contributed by atoms with Gasteiger partial charge in [0.2, 0.25) is 11.8 Å². The number of hydrogen-bond acceptors (Lipinski definition) is 4. The predicted molar refractivity (Wildman–Crippen MR) is 117 cm³/mol. The predicted octanol–water partition coefficient (Wildman–Crippen LogP) is 3.43. The van der Waals surface area contributed by atoms with Crippen LogP contribution < -0.4 is 15.8 Å². The third kappa shape index (κ3) is 3.88. The van der Waals surface area contributed by atoms with Crippen molar-refractivity contribution < 1.29 is 9.59 Å². The highest BCUT2D eigenvalue weighted by molar-refractivity contribution is 6.32. The lowest BCUT2D eigenvalue weighted by Gasteiger charge is -2.34. The first-order valence-corrected chi connectivity index (χ1v) is 10.9. The molecule has 4 rings (SSSR count). The maximum Gasteiger partial charge on any atom is 0.274 e. The molecule has 2 amide bonds. The topological polar surface area (TPSA) is 71.4 Å². The molecule has 0 bridgehead atoms. The Hall–Kier alpha value is -2.60. The number of aryl methyl sites for hydroxylation is 1. The van der Waals surface area contributed by atoms with Gasteiger partial charge in [-0.3, -0.25) is 19.7 Å². The van der Waals surface area contributed by atoms with Crippen LogP contribution in [0.25, 0.3) is 0 Å². The van der Waals surface area contributed by atoms with Gasteiger partial charge in [-0.05, 0) is 55.4 Å². The molecule has 0 radical (unpaired) electrons. The Kier molecular flexibility index (Phi) is 5.95. The molecule has 6 nitrogen and oxygen atoms in total. The molecule has 1 unspecified atom stereocenters. The molecular weight excluding hydrogens is 402 g/mol. The van der Waals surface area contributed by atoms with Crippen molar-refractivity contribution in [2.24, 2.45) is 0 Å². The molecule has 0 aliphatic carbocycles. The van der Waals surface area contributed by atoms with Crippen LogP contribution in [0.3, 0.4) is 0 Å². The van der Waals surface area contributed by atoms with E-state index < -0.39 is 0 Å². The van der Waals surface area contributed by atoms with Crippen molar-refractivity contribution in [3.05, 3.63) is 63.0 Å². The van der Waals surface area contributed by atoms with Crippen molar-refractivity contribution >= 4 is 29.1 Å². The number of benzene rings is 1. The number of nitrogens with zero attached hydrogens (tertiary/aromatic N) is 2. The Labute approximate surface area is 180 Å². The number of pyridine rings is 1. The highest BCUT2D eigenvalue weighted by Crippen LogP contribution is 2.39. The number of carbonyl (C=O) groups excluding carboxylic acids is 2. The Morgan fingerprint density at radius 3 is 2.47 bits per heavy atom. The fraction of sp³-hybridized carbons (Fsp3) is 0.435. The number of amides is 2. The normalized spacial score (nSPS) is 20.3. The third-order valence-corrected chi connectivity index (χ3v) is 6.73. The SMILES string of the molecule is CCn1cccc(N2CCC(c3cccc(C4CCC(=O)NC4=O)c3Cl)CC2)c1=O. The molecule has 2 aliphatic rings. The average Bonchev–Trinajstić information content (AvgIpc) is 2.75. The first kappa shape index (κ1) is 20.7. The Bertz CT molecular complexity index is 1020. The fourth-order valence-corrected chi connectivity index (χ4v) is 5.00. The average molecular weight is 428 g/mol. The van der Waals surface area contributed by atoms with Crippen LogP contribution in [0, 0.1) is 0 Å². The van der Waals surface area contributed by atoms with Crippen molar-refractivity contribution in [3.63, 3.8) is 0 Å². The first-order valence-electron chi connectivity index (χ1n) is 10.6. The summed E-state index contributed by atoms with van der Waals surface area (Å²) in [4.78, 5) is 38.5. The van der Waals surface area contributed by atoms with Gasteiger partial charge >= 0.3 is 0 Å². The molecule has 1 aromatic carbocycles. The van der Waals surface area contributed by atoms with Gasteiger partial charge in [-0.15, -0.1) is 0 Å². The van der Waals surface area contributed by atoms with Crippen LogP contribution in [0.1, 0.15) is 55.6 Å². The summed E-state index contributed by atoms with van der Waals surface area (Å²) < 4.78 is 1.72. The molecule has 2 aromatic rings. The first-order chi connectivity index (χ1) is 14.5. The molecule has 1 N–H and O–H groups in total. The van der Waals surface area contributed by atoms with E-state index in [0.29, 0.717) is 24.4 Å². The van der Waals surface area contributed by atoms with Crippen LogP contribution in [0.4, 0.5) is 5.69 Å². The van der Waals surface area contributed by atoms with E-state index in [1.807, 2.05) is 43.5 Å². The molecule has 2 aliphatic heterocycles. The van der Waals surface area contributed by atoms with Gasteiger partial charge < -0.3 is 9.47 Å². The molecule has 1 atom stereocenters. The van der Waals surface area contributed by atoms with Gasteiger partial charge in [0.25, 0.3) is 5.56 Å². The summed E-state index contributed by atoms with van der Waals surface area (Å²) in [6.07, 6.45) is 4.42. The van der Waals surface area contributed by atoms with E-state index in [9.17, 15) is 14.4 Å². The third-order valence-electron chi connectivity index (χ3n) is 6.29. The summed E-state index contributed by atoms with van der Waals surface area (Å²) in [6, 6.07) is 9.69. The second-order valence-electron chi connectivity index (χ2n) is 8.00. The summed E-state index contributed by atoms with van der Waals surface area (Å²) in [7, 11) is 0. The van der Waals surface area contributed by atoms with Crippen LogP contribution in [0.5, 0.6) is 0 Å². The van der Waals surface area contributed by atoms with E-state index in [1.165, 1.54) is 0 Å². The van der Waals surface area contributed by atoms with E-state index in [4.69, 9.17) is 11.6 Å². The van der Waals surface area contributed by atoms with Gasteiger partial charge in [0.05, 0.1) is 5.92 Å². The monoisotopic (exact) mass is 427 g/mol. The number of hydrogen-bond donors (Lipinski definition) is 1. The molecule has 3 heterocycles. The quantitative estimate of drug-likeness (QED) is 0.759. The lowest BCUT2D eigenvalue weighted by atomic mass is 9.84. The Morgan fingerprint density at radius 2 is 1.77 bits per heavy atom. The lowest BCUT2D eigenvalue weighted by Crippen LogP contribution is -2.39. The van der Waals surface area contributed by atoms with Gasteiger partial charge in [-0.2, -0.15) is 0 Å². The largest absolute Gasteiger partial charge is 0.367 e. The van der Waals surface area contributed by atoms with Crippen molar-refractivity contribution in [3.8, 4) is 0 Å². The van der Waals surface area contributed by atoms with Crippen LogP contribution in [0.2, 0.25) is 5.02 Å². The minimum Gasteiger partial charge on any atom is -0.367 e. The number of imide groups is 1. The molecule has 7 heteroatoms. The van der Waals surface area contributed by atoms with E-state index >= 15 is 0 Å². The molecule has 0 saturated carbocycles. The molecule has 2 saturated heterocycles. The van der Waals surface area contributed by atoms with Gasteiger partial charge in [0, 0.05) is 37.3 Å². The van der Waals surface area contributed by atoms with Gasteiger partial charge in [0.1, 0.15) is 5.69 Å². The Morgan fingerprint density at radius 1 is 1.03 bits per heavy atom. The number of anilines is 1. The highest BCUT2D eigenvalue weighted by atomic mass is 35.5. The molecule has 1 aromatic heterocycles. The number of nitrogens with one attached hydrogen (secondary N) is 1. The minimum absolute atomic E-state index is 0.0522. The van der Waals surface area contributed by atoms with Crippen molar-refractivity contribution in [2.45, 2.75) is 51.0 Å². The van der Waals surface area contributed by atoms with Gasteiger partial charge in [-0.25, -0.2) is 0 Å². The summed E-state index contributed by atoms with van der Waals surface area (Å²) >= 11 is 6.76.